The molecule has 2 fully saturated rings. The second-order valence-electron chi connectivity index (χ2n) is 9.00. The van der Waals surface area contributed by atoms with Crippen LogP contribution < -0.4 is 4.90 Å². The summed E-state index contributed by atoms with van der Waals surface area (Å²) in [5.74, 6) is 1.02. The molecule has 4 nitrogen and oxygen atoms in total. The Hall–Kier alpha value is -2.33. The molecule has 30 heavy (non-hydrogen) atoms. The summed E-state index contributed by atoms with van der Waals surface area (Å²) in [7, 11) is 0. The lowest BCUT2D eigenvalue weighted by molar-refractivity contribution is -0.133. The van der Waals surface area contributed by atoms with E-state index in [0.717, 1.165) is 58.5 Å². The van der Waals surface area contributed by atoms with Crippen molar-refractivity contribution in [2.24, 2.45) is 5.92 Å². The number of rotatable bonds is 5. The molecule has 0 unspecified atom stereocenters. The molecule has 0 saturated carbocycles. The molecule has 2 saturated heterocycles. The molecular formula is C26H35N3O. The Morgan fingerprint density at radius 1 is 0.867 bits per heavy atom. The minimum Gasteiger partial charge on any atom is -0.369 e. The van der Waals surface area contributed by atoms with Gasteiger partial charge in [0.25, 0.3) is 0 Å². The first-order valence-corrected chi connectivity index (χ1v) is 11.5. The number of carbonyl (C=O) groups is 1. The van der Waals surface area contributed by atoms with E-state index in [-0.39, 0.29) is 0 Å². The van der Waals surface area contributed by atoms with Crippen LogP contribution in [0, 0.1) is 19.8 Å². The van der Waals surface area contributed by atoms with Gasteiger partial charge in [0.2, 0.25) is 5.91 Å². The number of aryl methyl sites for hydroxylation is 1. The molecule has 0 radical (unpaired) electrons. The number of hydrogen-bond donors (Lipinski definition) is 0. The summed E-state index contributed by atoms with van der Waals surface area (Å²) in [5, 5.41) is 0. The van der Waals surface area contributed by atoms with Crippen LogP contribution in [0.4, 0.5) is 5.69 Å². The largest absolute Gasteiger partial charge is 0.369 e. The van der Waals surface area contributed by atoms with E-state index in [1.54, 1.807) is 0 Å². The lowest BCUT2D eigenvalue weighted by Gasteiger charge is -2.38. The van der Waals surface area contributed by atoms with Gasteiger partial charge in [0.05, 0.1) is 6.54 Å². The number of benzene rings is 2. The van der Waals surface area contributed by atoms with Gasteiger partial charge >= 0.3 is 0 Å². The van der Waals surface area contributed by atoms with Gasteiger partial charge in [0.1, 0.15) is 0 Å². The Kier molecular flexibility index (Phi) is 6.73. The first-order chi connectivity index (χ1) is 14.6. The highest BCUT2D eigenvalue weighted by molar-refractivity contribution is 5.78. The highest BCUT2D eigenvalue weighted by Gasteiger charge is 2.26. The Labute approximate surface area is 181 Å². The summed E-state index contributed by atoms with van der Waals surface area (Å²) in [4.78, 5) is 19.8. The van der Waals surface area contributed by atoms with Crippen molar-refractivity contribution >= 4 is 11.6 Å². The van der Waals surface area contributed by atoms with E-state index in [1.807, 2.05) is 0 Å². The second kappa shape index (κ2) is 9.65. The van der Waals surface area contributed by atoms with Crippen LogP contribution in [-0.4, -0.2) is 61.5 Å². The summed E-state index contributed by atoms with van der Waals surface area (Å²) < 4.78 is 0. The van der Waals surface area contributed by atoms with Crippen LogP contribution in [0.1, 0.15) is 29.5 Å². The maximum absolute atomic E-state index is 12.9. The Bertz CT molecular complexity index is 835. The predicted molar refractivity (Wildman–Crippen MR) is 124 cm³/mol. The molecular weight excluding hydrogens is 370 g/mol. The molecule has 0 N–H and O–H groups in total. The van der Waals surface area contributed by atoms with Gasteiger partial charge in [0.15, 0.2) is 0 Å². The van der Waals surface area contributed by atoms with Crippen LogP contribution in [0.25, 0.3) is 0 Å². The number of anilines is 1. The van der Waals surface area contributed by atoms with Gasteiger partial charge in [-0.05, 0) is 61.8 Å². The Morgan fingerprint density at radius 2 is 1.57 bits per heavy atom. The number of amides is 1. The normalized spacial score (nSPS) is 18.6. The SMILES string of the molecule is Cc1cccc(N2CCN(CC(=O)N3CCC(Cc4ccccc4)CC3)CC2)c1C. The number of nitrogens with zero attached hydrogens (tertiary/aromatic N) is 3. The summed E-state index contributed by atoms with van der Waals surface area (Å²) in [5.41, 5.74) is 5.49. The topological polar surface area (TPSA) is 26.8 Å². The van der Waals surface area contributed by atoms with Crippen molar-refractivity contribution in [3.05, 3.63) is 65.2 Å². The van der Waals surface area contributed by atoms with Gasteiger partial charge in [-0.3, -0.25) is 9.69 Å². The standard InChI is InChI=1S/C26H35N3O/c1-21-7-6-10-25(22(21)2)28-17-15-27(16-18-28)20-26(30)29-13-11-24(12-14-29)19-23-8-4-3-5-9-23/h3-10,24H,11-20H2,1-2H3. The average Bonchev–Trinajstić information content (AvgIpc) is 2.77. The Morgan fingerprint density at radius 3 is 2.27 bits per heavy atom. The molecule has 2 aliphatic heterocycles. The van der Waals surface area contributed by atoms with Gasteiger partial charge < -0.3 is 9.80 Å². The maximum atomic E-state index is 12.9. The van der Waals surface area contributed by atoms with Crippen LogP contribution in [-0.2, 0) is 11.2 Å². The van der Waals surface area contributed by atoms with E-state index < -0.39 is 0 Å². The molecule has 0 atom stereocenters. The molecule has 2 aromatic carbocycles. The lowest BCUT2D eigenvalue weighted by Crippen LogP contribution is -2.51. The van der Waals surface area contributed by atoms with E-state index in [4.69, 9.17) is 0 Å². The number of piperidine rings is 1. The van der Waals surface area contributed by atoms with Gasteiger partial charge in [0, 0.05) is 45.0 Å². The fraction of sp³-hybridized carbons (Fsp3) is 0.500. The van der Waals surface area contributed by atoms with E-state index in [1.165, 1.54) is 22.4 Å². The smallest absolute Gasteiger partial charge is 0.236 e. The fourth-order valence-corrected chi connectivity index (χ4v) is 4.85. The third-order valence-electron chi connectivity index (χ3n) is 6.98. The molecule has 4 heteroatoms. The van der Waals surface area contributed by atoms with Crippen LogP contribution in [0.15, 0.2) is 48.5 Å². The minimum absolute atomic E-state index is 0.313. The van der Waals surface area contributed by atoms with E-state index in [2.05, 4.69) is 77.1 Å². The highest BCUT2D eigenvalue weighted by Crippen LogP contribution is 2.24. The molecule has 0 aliphatic carbocycles. The highest BCUT2D eigenvalue weighted by atomic mass is 16.2. The zero-order valence-corrected chi connectivity index (χ0v) is 18.5. The van der Waals surface area contributed by atoms with Crippen molar-refractivity contribution in [3.8, 4) is 0 Å². The molecule has 2 aromatic rings. The molecule has 0 spiro atoms. The maximum Gasteiger partial charge on any atom is 0.236 e. The van der Waals surface area contributed by atoms with Gasteiger partial charge in [-0.15, -0.1) is 0 Å². The van der Waals surface area contributed by atoms with Crippen molar-refractivity contribution in [3.63, 3.8) is 0 Å². The first kappa shape index (κ1) is 20.9. The van der Waals surface area contributed by atoms with Crippen LogP contribution in [0.2, 0.25) is 0 Å². The van der Waals surface area contributed by atoms with Gasteiger partial charge in [-0.1, -0.05) is 42.5 Å². The van der Waals surface area contributed by atoms with Gasteiger partial charge in [-0.25, -0.2) is 0 Å². The van der Waals surface area contributed by atoms with Crippen molar-refractivity contribution in [1.29, 1.82) is 0 Å². The van der Waals surface area contributed by atoms with E-state index in [0.29, 0.717) is 18.4 Å². The molecule has 2 aliphatic rings. The van der Waals surface area contributed by atoms with Crippen molar-refractivity contribution in [1.82, 2.24) is 9.80 Å². The summed E-state index contributed by atoms with van der Waals surface area (Å²) in [6.45, 7) is 10.7. The molecule has 0 bridgehead atoms. The van der Waals surface area contributed by atoms with Gasteiger partial charge in [-0.2, -0.15) is 0 Å². The van der Waals surface area contributed by atoms with Crippen LogP contribution in [0.3, 0.4) is 0 Å². The van der Waals surface area contributed by atoms with Crippen molar-refractivity contribution < 1.29 is 4.79 Å². The molecule has 2 heterocycles. The fourth-order valence-electron chi connectivity index (χ4n) is 4.85. The average molecular weight is 406 g/mol. The zero-order chi connectivity index (χ0) is 20.9. The molecule has 0 aromatic heterocycles. The third kappa shape index (κ3) is 5.04. The molecule has 1 amide bonds. The predicted octanol–water partition coefficient (Wildman–Crippen LogP) is 3.91. The summed E-state index contributed by atoms with van der Waals surface area (Å²) in [6, 6.07) is 17.3. The summed E-state index contributed by atoms with van der Waals surface area (Å²) >= 11 is 0. The quantitative estimate of drug-likeness (QED) is 0.755. The third-order valence-corrected chi connectivity index (χ3v) is 6.98. The minimum atomic E-state index is 0.313. The summed E-state index contributed by atoms with van der Waals surface area (Å²) in [6.07, 6.45) is 3.39. The van der Waals surface area contributed by atoms with E-state index >= 15 is 0 Å². The van der Waals surface area contributed by atoms with E-state index in [9.17, 15) is 4.79 Å². The second-order valence-corrected chi connectivity index (χ2v) is 9.00. The van der Waals surface area contributed by atoms with Crippen LogP contribution in [0.5, 0.6) is 0 Å². The van der Waals surface area contributed by atoms with Crippen molar-refractivity contribution in [2.45, 2.75) is 33.1 Å². The number of hydrogen-bond acceptors (Lipinski definition) is 3. The van der Waals surface area contributed by atoms with Crippen LogP contribution >= 0.6 is 0 Å². The van der Waals surface area contributed by atoms with Crippen molar-refractivity contribution in [2.75, 3.05) is 50.7 Å². The lowest BCUT2D eigenvalue weighted by atomic mass is 9.90. The molecule has 160 valence electrons. The number of piperazine rings is 1. The number of likely N-dealkylation sites (tertiary alicyclic amines) is 1. The Balaban J connectivity index is 1.21. The first-order valence-electron chi connectivity index (χ1n) is 11.5. The zero-order valence-electron chi connectivity index (χ0n) is 18.5. The monoisotopic (exact) mass is 405 g/mol. The number of carbonyl (C=O) groups excluding carboxylic acids is 1. The molecule has 4 rings (SSSR count).